The predicted octanol–water partition coefficient (Wildman–Crippen LogP) is 2.55. The molecule has 1 aliphatic heterocycles. The van der Waals surface area contributed by atoms with E-state index in [4.69, 9.17) is 21.1 Å². The molecule has 1 atom stereocenters. The van der Waals surface area contributed by atoms with Gasteiger partial charge in [-0.15, -0.1) is 11.6 Å². The minimum atomic E-state index is 0.590. The summed E-state index contributed by atoms with van der Waals surface area (Å²) in [7, 11) is 3.30. The maximum absolute atomic E-state index is 5.97. The Bertz CT molecular complexity index is 414. The molecule has 2 rings (SSSR count). The first-order chi connectivity index (χ1) is 9.28. The number of hydrogen-bond donors (Lipinski definition) is 0. The average molecular weight is 285 g/mol. The van der Waals surface area contributed by atoms with Crippen LogP contribution < -0.4 is 9.47 Å². The quantitative estimate of drug-likeness (QED) is 0.779. The number of rotatable bonds is 5. The van der Waals surface area contributed by atoms with Crippen molar-refractivity contribution in [1.82, 2.24) is 9.88 Å². The van der Waals surface area contributed by atoms with Gasteiger partial charge in [0.05, 0.1) is 14.2 Å². The summed E-state index contributed by atoms with van der Waals surface area (Å²) < 4.78 is 10.7. The van der Waals surface area contributed by atoms with E-state index in [-0.39, 0.29) is 0 Å². The predicted molar refractivity (Wildman–Crippen MR) is 76.1 cm³/mol. The highest BCUT2D eigenvalue weighted by molar-refractivity contribution is 6.18. The van der Waals surface area contributed by atoms with Crippen LogP contribution in [-0.2, 0) is 6.54 Å². The fourth-order valence-corrected chi connectivity index (χ4v) is 2.85. The van der Waals surface area contributed by atoms with Gasteiger partial charge < -0.3 is 9.47 Å². The number of ether oxygens (including phenoxy) is 2. The zero-order chi connectivity index (χ0) is 13.7. The summed E-state index contributed by atoms with van der Waals surface area (Å²) in [5.74, 6) is 2.79. The molecule has 1 aromatic heterocycles. The van der Waals surface area contributed by atoms with Gasteiger partial charge in [-0.25, -0.2) is 0 Å². The van der Waals surface area contributed by atoms with Gasteiger partial charge in [0.2, 0.25) is 0 Å². The summed E-state index contributed by atoms with van der Waals surface area (Å²) in [5.41, 5.74) is 0.928. The summed E-state index contributed by atoms with van der Waals surface area (Å²) >= 11 is 5.97. The molecule has 0 spiro atoms. The average Bonchev–Trinajstić information content (AvgIpc) is 2.47. The molecule has 0 amide bonds. The zero-order valence-electron chi connectivity index (χ0n) is 11.6. The number of nitrogens with zero attached hydrogens (tertiary/aromatic N) is 2. The van der Waals surface area contributed by atoms with Gasteiger partial charge in [-0.05, 0) is 25.3 Å². The van der Waals surface area contributed by atoms with Crippen molar-refractivity contribution in [1.29, 1.82) is 0 Å². The Balaban J connectivity index is 2.10. The van der Waals surface area contributed by atoms with Crippen molar-refractivity contribution in [3.8, 4) is 11.5 Å². The fraction of sp³-hybridized carbons (Fsp3) is 0.643. The number of halogens is 1. The molecule has 0 bridgehead atoms. The van der Waals surface area contributed by atoms with Crippen molar-refractivity contribution in [3.63, 3.8) is 0 Å². The Labute approximate surface area is 119 Å². The van der Waals surface area contributed by atoms with Crippen LogP contribution in [0.2, 0.25) is 0 Å². The van der Waals surface area contributed by atoms with E-state index in [0.717, 1.165) is 42.7 Å². The first-order valence-electron chi connectivity index (χ1n) is 6.62. The third-order valence-corrected chi connectivity index (χ3v) is 4.00. The van der Waals surface area contributed by atoms with Crippen LogP contribution in [-0.4, -0.2) is 43.1 Å². The number of pyridine rings is 1. The van der Waals surface area contributed by atoms with E-state index in [2.05, 4.69) is 9.88 Å². The second kappa shape index (κ2) is 6.96. The summed E-state index contributed by atoms with van der Waals surface area (Å²) in [6, 6.07) is 1.82. The molecular weight excluding hydrogens is 264 g/mol. The van der Waals surface area contributed by atoms with E-state index < -0.39 is 0 Å². The Hall–Kier alpha value is -1.00. The summed E-state index contributed by atoms with van der Waals surface area (Å²) in [5, 5.41) is 0. The van der Waals surface area contributed by atoms with Crippen molar-refractivity contribution in [3.05, 3.63) is 18.0 Å². The highest BCUT2D eigenvalue weighted by Gasteiger charge is 2.21. The molecule has 5 heteroatoms. The van der Waals surface area contributed by atoms with Gasteiger partial charge in [0, 0.05) is 31.2 Å². The van der Waals surface area contributed by atoms with E-state index >= 15 is 0 Å². The molecule has 1 unspecified atom stereocenters. The Kier molecular flexibility index (Phi) is 5.28. The molecule has 0 aliphatic carbocycles. The van der Waals surface area contributed by atoms with Crippen molar-refractivity contribution in [2.75, 3.05) is 33.2 Å². The Morgan fingerprint density at radius 3 is 2.95 bits per heavy atom. The molecule has 1 fully saturated rings. The van der Waals surface area contributed by atoms with Crippen molar-refractivity contribution >= 4 is 11.6 Å². The van der Waals surface area contributed by atoms with E-state index in [1.807, 2.05) is 6.07 Å². The molecule has 19 heavy (non-hydrogen) atoms. The standard InChI is InChI=1S/C14H21ClN2O2/c1-18-13-5-6-16-12(14(13)19-2)10-17-7-3-4-11(8-15)9-17/h5-6,11H,3-4,7-10H2,1-2H3. The van der Waals surface area contributed by atoms with Crippen LogP contribution in [0, 0.1) is 5.92 Å². The van der Waals surface area contributed by atoms with Crippen LogP contribution in [0.4, 0.5) is 0 Å². The molecule has 1 saturated heterocycles. The lowest BCUT2D eigenvalue weighted by molar-refractivity contribution is 0.174. The van der Waals surface area contributed by atoms with Crippen molar-refractivity contribution in [2.24, 2.45) is 5.92 Å². The topological polar surface area (TPSA) is 34.6 Å². The molecule has 1 aliphatic rings. The molecule has 106 valence electrons. The van der Waals surface area contributed by atoms with E-state index in [9.17, 15) is 0 Å². The zero-order valence-corrected chi connectivity index (χ0v) is 12.3. The number of piperidine rings is 1. The molecule has 0 saturated carbocycles. The molecular formula is C14H21ClN2O2. The second-order valence-electron chi connectivity index (χ2n) is 4.89. The second-order valence-corrected chi connectivity index (χ2v) is 5.20. The van der Waals surface area contributed by atoms with Crippen LogP contribution in [0.15, 0.2) is 12.3 Å². The van der Waals surface area contributed by atoms with Gasteiger partial charge in [0.25, 0.3) is 0 Å². The Morgan fingerprint density at radius 1 is 1.42 bits per heavy atom. The van der Waals surface area contributed by atoms with Gasteiger partial charge in [0.15, 0.2) is 11.5 Å². The lowest BCUT2D eigenvalue weighted by Crippen LogP contribution is -2.35. The lowest BCUT2D eigenvalue weighted by Gasteiger charge is -2.31. The van der Waals surface area contributed by atoms with Gasteiger partial charge in [-0.2, -0.15) is 0 Å². The van der Waals surface area contributed by atoms with E-state index in [1.165, 1.54) is 12.8 Å². The first-order valence-corrected chi connectivity index (χ1v) is 7.16. The SMILES string of the molecule is COc1ccnc(CN2CCCC(CCl)C2)c1OC. The third kappa shape index (κ3) is 3.51. The number of methoxy groups -OCH3 is 2. The minimum absolute atomic E-state index is 0.590. The minimum Gasteiger partial charge on any atom is -0.493 e. The van der Waals surface area contributed by atoms with E-state index in [0.29, 0.717) is 5.92 Å². The number of likely N-dealkylation sites (tertiary alicyclic amines) is 1. The molecule has 0 N–H and O–H groups in total. The number of hydrogen-bond acceptors (Lipinski definition) is 4. The lowest BCUT2D eigenvalue weighted by atomic mass is 10.00. The monoisotopic (exact) mass is 284 g/mol. The van der Waals surface area contributed by atoms with Crippen molar-refractivity contribution in [2.45, 2.75) is 19.4 Å². The van der Waals surface area contributed by atoms with Gasteiger partial charge >= 0.3 is 0 Å². The summed E-state index contributed by atoms with van der Waals surface area (Å²) in [6.07, 6.45) is 4.19. The molecule has 4 nitrogen and oxygen atoms in total. The molecule has 0 aromatic carbocycles. The van der Waals surface area contributed by atoms with Gasteiger partial charge in [0.1, 0.15) is 5.69 Å². The smallest absolute Gasteiger partial charge is 0.183 e. The van der Waals surface area contributed by atoms with Crippen LogP contribution in [0.25, 0.3) is 0 Å². The van der Waals surface area contributed by atoms with Crippen LogP contribution in [0.5, 0.6) is 11.5 Å². The van der Waals surface area contributed by atoms with Crippen LogP contribution in [0.1, 0.15) is 18.5 Å². The highest BCUT2D eigenvalue weighted by Crippen LogP contribution is 2.30. The highest BCUT2D eigenvalue weighted by atomic mass is 35.5. The molecule has 1 aromatic rings. The van der Waals surface area contributed by atoms with E-state index in [1.54, 1.807) is 20.4 Å². The van der Waals surface area contributed by atoms with Crippen LogP contribution in [0.3, 0.4) is 0 Å². The maximum Gasteiger partial charge on any atom is 0.183 e. The normalized spacial score (nSPS) is 20.3. The fourth-order valence-electron chi connectivity index (χ4n) is 2.60. The Morgan fingerprint density at radius 2 is 2.26 bits per heavy atom. The van der Waals surface area contributed by atoms with Gasteiger partial charge in [-0.1, -0.05) is 0 Å². The van der Waals surface area contributed by atoms with Crippen LogP contribution >= 0.6 is 11.6 Å². The number of alkyl halides is 1. The molecule has 2 heterocycles. The van der Waals surface area contributed by atoms with Gasteiger partial charge in [-0.3, -0.25) is 9.88 Å². The largest absolute Gasteiger partial charge is 0.493 e. The summed E-state index contributed by atoms with van der Waals surface area (Å²) in [6.45, 7) is 2.91. The maximum atomic E-state index is 5.97. The number of aromatic nitrogens is 1. The van der Waals surface area contributed by atoms with Crippen molar-refractivity contribution < 1.29 is 9.47 Å². The first kappa shape index (κ1) is 14.4. The third-order valence-electron chi connectivity index (χ3n) is 3.56. The summed E-state index contributed by atoms with van der Waals surface area (Å²) in [4.78, 5) is 6.81. The molecule has 0 radical (unpaired) electrons.